The molecule has 0 unspecified atom stereocenters. The van der Waals surface area contributed by atoms with Crippen molar-refractivity contribution in [1.82, 2.24) is 0 Å². The molecule has 1 aliphatic carbocycles. The Labute approximate surface area is 286 Å². The molecule has 0 aliphatic heterocycles. The van der Waals surface area contributed by atoms with E-state index in [1.807, 2.05) is 0 Å². The summed E-state index contributed by atoms with van der Waals surface area (Å²) in [6, 6.07) is 62.9. The Morgan fingerprint density at radius 1 is 0.306 bits per heavy atom. The molecule has 0 saturated heterocycles. The second-order valence-electron chi connectivity index (χ2n) is 14.0. The molecule has 230 valence electrons. The first kappa shape index (κ1) is 28.1. The molecule has 0 saturated carbocycles. The molecule has 9 aromatic rings. The fourth-order valence-electron chi connectivity index (χ4n) is 8.89. The summed E-state index contributed by atoms with van der Waals surface area (Å²) in [5, 5.41) is 10.5. The van der Waals surface area contributed by atoms with E-state index in [0.29, 0.717) is 0 Å². The van der Waals surface area contributed by atoms with Crippen LogP contribution < -0.4 is 0 Å². The predicted molar refractivity (Wildman–Crippen MR) is 210 cm³/mol. The maximum Gasteiger partial charge on any atom is 0.0165 e. The molecular formula is C49H34. The Balaban J connectivity index is 1.20. The van der Waals surface area contributed by atoms with Gasteiger partial charge in [0, 0.05) is 5.41 Å². The highest BCUT2D eigenvalue weighted by molar-refractivity contribution is 6.22. The van der Waals surface area contributed by atoms with Crippen LogP contribution in [0.3, 0.4) is 0 Å². The van der Waals surface area contributed by atoms with E-state index in [1.165, 1.54) is 98.7 Å². The lowest BCUT2D eigenvalue weighted by Crippen LogP contribution is -2.15. The highest BCUT2D eigenvalue weighted by Crippen LogP contribution is 2.55. The first-order valence-electron chi connectivity index (χ1n) is 17.3. The average Bonchev–Trinajstić information content (AvgIpc) is 3.40. The Bertz CT molecular complexity index is 2720. The lowest BCUT2D eigenvalue weighted by Gasteiger charge is -2.24. The van der Waals surface area contributed by atoms with Gasteiger partial charge in [-0.2, -0.15) is 0 Å². The third kappa shape index (κ3) is 4.04. The van der Waals surface area contributed by atoms with Crippen molar-refractivity contribution in [3.63, 3.8) is 0 Å². The third-order valence-corrected chi connectivity index (χ3v) is 11.0. The van der Waals surface area contributed by atoms with Crippen LogP contribution in [0, 0.1) is 0 Å². The van der Waals surface area contributed by atoms with Gasteiger partial charge in [0.2, 0.25) is 0 Å². The molecule has 0 atom stereocenters. The Kier molecular flexibility index (Phi) is 6.02. The number of hydrogen-bond acceptors (Lipinski definition) is 0. The van der Waals surface area contributed by atoms with Crippen molar-refractivity contribution in [1.29, 1.82) is 0 Å². The van der Waals surface area contributed by atoms with E-state index in [9.17, 15) is 0 Å². The normalized spacial score (nSPS) is 13.3. The molecule has 0 N–H and O–H groups in total. The van der Waals surface area contributed by atoms with Gasteiger partial charge in [-0.05, 0) is 111 Å². The van der Waals surface area contributed by atoms with Crippen molar-refractivity contribution >= 4 is 43.1 Å². The third-order valence-electron chi connectivity index (χ3n) is 11.0. The van der Waals surface area contributed by atoms with Gasteiger partial charge in [-0.1, -0.05) is 172 Å². The van der Waals surface area contributed by atoms with Crippen LogP contribution >= 0.6 is 0 Å². The number of hydrogen-bond donors (Lipinski definition) is 0. The standard InChI is InChI=1S/C49H34/c1-49(2)44-28-27-33(30-43(44)47-37-21-8-6-19-35(37)36-20-7-13-26-42(36)48(47)49)32-17-14-18-34(29-32)46-40-24-11-9-22-38(40)45(31-15-4-3-5-16-31)39-23-10-12-25-41(39)46/h3-30H,1-2H3. The molecule has 10 rings (SSSR count). The van der Waals surface area contributed by atoms with Gasteiger partial charge in [0.05, 0.1) is 0 Å². The van der Waals surface area contributed by atoms with Gasteiger partial charge in [-0.3, -0.25) is 0 Å². The van der Waals surface area contributed by atoms with Crippen LogP contribution in [0.4, 0.5) is 0 Å². The van der Waals surface area contributed by atoms with E-state index >= 15 is 0 Å². The molecule has 1 aliphatic rings. The molecule has 9 aromatic carbocycles. The summed E-state index contributed by atoms with van der Waals surface area (Å²) in [7, 11) is 0. The molecule has 49 heavy (non-hydrogen) atoms. The van der Waals surface area contributed by atoms with E-state index in [0.717, 1.165) is 0 Å². The zero-order valence-electron chi connectivity index (χ0n) is 27.7. The van der Waals surface area contributed by atoms with E-state index in [-0.39, 0.29) is 5.41 Å². The van der Waals surface area contributed by atoms with Gasteiger partial charge in [0.1, 0.15) is 0 Å². The minimum Gasteiger partial charge on any atom is -0.0622 e. The number of benzene rings is 9. The van der Waals surface area contributed by atoms with Crippen molar-refractivity contribution < 1.29 is 0 Å². The quantitative estimate of drug-likeness (QED) is 0.136. The second-order valence-corrected chi connectivity index (χ2v) is 14.0. The predicted octanol–water partition coefficient (Wildman–Crippen LogP) is 13.6. The number of rotatable bonds is 3. The topological polar surface area (TPSA) is 0 Å². The monoisotopic (exact) mass is 622 g/mol. The first-order chi connectivity index (χ1) is 24.1. The lowest BCUT2D eigenvalue weighted by atomic mass is 9.79. The van der Waals surface area contributed by atoms with Gasteiger partial charge >= 0.3 is 0 Å². The second kappa shape index (κ2) is 10.5. The fourth-order valence-corrected chi connectivity index (χ4v) is 8.89. The summed E-state index contributed by atoms with van der Waals surface area (Å²) in [5.41, 5.74) is 13.0. The minimum atomic E-state index is -0.104. The zero-order valence-corrected chi connectivity index (χ0v) is 27.7. The van der Waals surface area contributed by atoms with Crippen molar-refractivity contribution in [2.45, 2.75) is 19.3 Å². The maximum atomic E-state index is 2.46. The molecule has 0 heterocycles. The maximum absolute atomic E-state index is 2.46. The summed E-state index contributed by atoms with van der Waals surface area (Å²) >= 11 is 0. The van der Waals surface area contributed by atoms with E-state index in [2.05, 4.69) is 184 Å². The summed E-state index contributed by atoms with van der Waals surface area (Å²) in [5.74, 6) is 0. The largest absolute Gasteiger partial charge is 0.0622 e. The van der Waals surface area contributed by atoms with Gasteiger partial charge in [-0.15, -0.1) is 0 Å². The molecule has 0 spiro atoms. The van der Waals surface area contributed by atoms with Gasteiger partial charge in [-0.25, -0.2) is 0 Å². The minimum absolute atomic E-state index is 0.104. The van der Waals surface area contributed by atoms with E-state index < -0.39 is 0 Å². The molecule has 0 bridgehead atoms. The van der Waals surface area contributed by atoms with Gasteiger partial charge in [0.25, 0.3) is 0 Å². The van der Waals surface area contributed by atoms with E-state index in [4.69, 9.17) is 0 Å². The smallest absolute Gasteiger partial charge is 0.0165 e. The molecule has 0 nitrogen and oxygen atoms in total. The molecule has 0 fully saturated rings. The zero-order chi connectivity index (χ0) is 32.7. The average molecular weight is 623 g/mol. The highest BCUT2D eigenvalue weighted by atomic mass is 14.4. The fraction of sp³-hybridized carbons (Fsp3) is 0.0612. The van der Waals surface area contributed by atoms with Crippen LogP contribution in [0.1, 0.15) is 25.0 Å². The van der Waals surface area contributed by atoms with Crippen molar-refractivity contribution in [3.8, 4) is 44.5 Å². The SMILES string of the molecule is CC1(C)c2ccc(-c3cccc(-c4c5ccccc5c(-c5ccccc5)c5ccccc45)c3)cc2-c2c1c1ccccc1c1ccccc21. The van der Waals surface area contributed by atoms with E-state index in [1.54, 1.807) is 0 Å². The summed E-state index contributed by atoms with van der Waals surface area (Å²) in [6.07, 6.45) is 0. The summed E-state index contributed by atoms with van der Waals surface area (Å²) < 4.78 is 0. The molecule has 0 aromatic heterocycles. The highest BCUT2D eigenvalue weighted by Gasteiger charge is 2.38. The molecule has 0 heteroatoms. The Morgan fingerprint density at radius 3 is 1.35 bits per heavy atom. The van der Waals surface area contributed by atoms with Gasteiger partial charge < -0.3 is 0 Å². The van der Waals surface area contributed by atoms with Crippen LogP contribution in [0.5, 0.6) is 0 Å². The molecule has 0 radical (unpaired) electrons. The number of fused-ring (bicyclic) bond motifs is 10. The van der Waals surface area contributed by atoms with Crippen LogP contribution in [0.15, 0.2) is 170 Å². The van der Waals surface area contributed by atoms with Crippen LogP contribution in [-0.4, -0.2) is 0 Å². The van der Waals surface area contributed by atoms with Crippen LogP contribution in [0.25, 0.3) is 87.6 Å². The van der Waals surface area contributed by atoms with Crippen LogP contribution in [-0.2, 0) is 5.41 Å². The van der Waals surface area contributed by atoms with Crippen molar-refractivity contribution in [3.05, 3.63) is 181 Å². The first-order valence-corrected chi connectivity index (χ1v) is 17.3. The Hall–Kier alpha value is -5.98. The molecule has 0 amide bonds. The van der Waals surface area contributed by atoms with Crippen LogP contribution in [0.2, 0.25) is 0 Å². The van der Waals surface area contributed by atoms with Crippen molar-refractivity contribution in [2.24, 2.45) is 0 Å². The molecular weight excluding hydrogens is 589 g/mol. The Morgan fingerprint density at radius 2 is 0.735 bits per heavy atom. The van der Waals surface area contributed by atoms with Gasteiger partial charge in [0.15, 0.2) is 0 Å². The summed E-state index contributed by atoms with van der Waals surface area (Å²) in [6.45, 7) is 4.79. The lowest BCUT2D eigenvalue weighted by molar-refractivity contribution is 0.666. The summed E-state index contributed by atoms with van der Waals surface area (Å²) in [4.78, 5) is 0. The van der Waals surface area contributed by atoms with Crippen molar-refractivity contribution in [2.75, 3.05) is 0 Å².